The van der Waals surface area contributed by atoms with E-state index in [0.717, 1.165) is 0 Å². The van der Waals surface area contributed by atoms with Crippen molar-refractivity contribution in [3.63, 3.8) is 0 Å². The molecule has 0 unspecified atom stereocenters. The fraction of sp³-hybridized carbons (Fsp3) is 0.250. The number of amides is 2. The van der Waals surface area contributed by atoms with Gasteiger partial charge in [0.2, 0.25) is 5.91 Å². The maximum absolute atomic E-state index is 12.1. The molecule has 0 atom stereocenters. The molecule has 2 amide bonds. The normalized spacial score (nSPS) is 10.9. The smallest absolute Gasteiger partial charge is 0.335 e. The van der Waals surface area contributed by atoms with Gasteiger partial charge in [-0.15, -0.1) is 0 Å². The van der Waals surface area contributed by atoms with Gasteiger partial charge in [-0.05, 0) is 30.3 Å². The summed E-state index contributed by atoms with van der Waals surface area (Å²) in [5.74, 6) is -1.38. The van der Waals surface area contributed by atoms with Crippen LogP contribution in [-0.2, 0) is 9.59 Å². The van der Waals surface area contributed by atoms with Gasteiger partial charge in [0.15, 0.2) is 6.61 Å². The van der Waals surface area contributed by atoms with Crippen LogP contribution >= 0.6 is 11.6 Å². The molecule has 7 nitrogen and oxygen atoms in total. The number of carboxylic acids is 1. The van der Waals surface area contributed by atoms with Gasteiger partial charge in [-0.1, -0.05) is 38.4 Å². The first kappa shape index (κ1) is 21.2. The van der Waals surface area contributed by atoms with Gasteiger partial charge in [0.1, 0.15) is 5.75 Å². The van der Waals surface area contributed by atoms with Crippen molar-refractivity contribution in [2.75, 3.05) is 17.2 Å². The summed E-state index contributed by atoms with van der Waals surface area (Å²) in [5, 5.41) is 14.5. The van der Waals surface area contributed by atoms with Crippen molar-refractivity contribution in [2.24, 2.45) is 5.41 Å². The second-order valence-corrected chi connectivity index (χ2v) is 7.48. The van der Waals surface area contributed by atoms with E-state index in [2.05, 4.69) is 10.6 Å². The monoisotopic (exact) mass is 404 g/mol. The Hall–Kier alpha value is -3.06. The summed E-state index contributed by atoms with van der Waals surface area (Å²) >= 11 is 5.98. The highest BCUT2D eigenvalue weighted by molar-refractivity contribution is 6.33. The van der Waals surface area contributed by atoms with Crippen LogP contribution in [0, 0.1) is 5.41 Å². The Morgan fingerprint density at radius 3 is 2.43 bits per heavy atom. The Balaban J connectivity index is 1.98. The van der Waals surface area contributed by atoms with Crippen LogP contribution in [0.1, 0.15) is 31.1 Å². The number of rotatable bonds is 6. The topological polar surface area (TPSA) is 105 Å². The van der Waals surface area contributed by atoms with Crippen LogP contribution in [0.3, 0.4) is 0 Å². The van der Waals surface area contributed by atoms with Gasteiger partial charge >= 0.3 is 5.97 Å². The largest absolute Gasteiger partial charge is 0.484 e. The molecule has 0 radical (unpaired) electrons. The molecule has 0 aliphatic heterocycles. The molecule has 0 saturated carbocycles. The molecule has 0 fully saturated rings. The first-order valence-corrected chi connectivity index (χ1v) is 8.81. The zero-order valence-electron chi connectivity index (χ0n) is 15.7. The van der Waals surface area contributed by atoms with E-state index in [4.69, 9.17) is 21.4 Å². The van der Waals surface area contributed by atoms with Crippen LogP contribution in [0.5, 0.6) is 5.75 Å². The van der Waals surface area contributed by atoms with Gasteiger partial charge in [0.25, 0.3) is 5.91 Å². The molecule has 28 heavy (non-hydrogen) atoms. The molecule has 2 rings (SSSR count). The van der Waals surface area contributed by atoms with Crippen LogP contribution in [0.4, 0.5) is 11.4 Å². The number of carbonyl (C=O) groups is 3. The molecule has 0 bridgehead atoms. The average Bonchev–Trinajstić information content (AvgIpc) is 2.61. The minimum atomic E-state index is -1.13. The summed E-state index contributed by atoms with van der Waals surface area (Å²) in [6.07, 6.45) is 0. The minimum absolute atomic E-state index is 0.00269. The Labute approximate surface area is 167 Å². The zero-order chi connectivity index (χ0) is 20.9. The molecular weight excluding hydrogens is 384 g/mol. The number of nitrogens with one attached hydrogen (secondary N) is 2. The van der Waals surface area contributed by atoms with E-state index in [-0.39, 0.29) is 28.8 Å². The third kappa shape index (κ3) is 5.99. The van der Waals surface area contributed by atoms with Gasteiger partial charge in [-0.3, -0.25) is 9.59 Å². The number of halogens is 1. The van der Waals surface area contributed by atoms with E-state index in [1.807, 2.05) is 0 Å². The van der Waals surface area contributed by atoms with Gasteiger partial charge < -0.3 is 20.5 Å². The van der Waals surface area contributed by atoms with Gasteiger partial charge in [-0.25, -0.2) is 4.79 Å². The van der Waals surface area contributed by atoms with E-state index in [1.54, 1.807) is 45.0 Å². The lowest BCUT2D eigenvalue weighted by Gasteiger charge is -2.18. The molecule has 3 N–H and O–H groups in total. The maximum Gasteiger partial charge on any atom is 0.335 e. The zero-order valence-corrected chi connectivity index (χ0v) is 16.5. The summed E-state index contributed by atoms with van der Waals surface area (Å²) in [4.78, 5) is 35.2. The van der Waals surface area contributed by atoms with E-state index in [0.29, 0.717) is 11.4 Å². The molecule has 0 saturated heterocycles. The molecule has 2 aromatic rings. The standard InChI is InChI=1S/C20H21ClN2O5/c1-20(2,3)19(27)22-13-5-4-6-14(10-13)28-11-17(24)23-16-9-12(18(25)26)7-8-15(16)21/h4-10H,11H2,1-3H3,(H,22,27)(H,23,24)(H,25,26). The molecular formula is C20H21ClN2O5. The average molecular weight is 405 g/mol. The molecule has 0 spiro atoms. The molecule has 0 heterocycles. The van der Waals surface area contributed by atoms with Gasteiger partial charge in [0, 0.05) is 17.2 Å². The summed E-state index contributed by atoms with van der Waals surface area (Å²) in [5.41, 5.74) is 0.194. The highest BCUT2D eigenvalue weighted by Crippen LogP contribution is 2.24. The number of carbonyl (C=O) groups excluding carboxylic acids is 2. The fourth-order valence-electron chi connectivity index (χ4n) is 2.07. The fourth-order valence-corrected chi connectivity index (χ4v) is 2.24. The summed E-state index contributed by atoms with van der Waals surface area (Å²) in [7, 11) is 0. The van der Waals surface area contributed by atoms with Crippen molar-refractivity contribution in [1.29, 1.82) is 0 Å². The molecule has 0 aliphatic carbocycles. The lowest BCUT2D eigenvalue weighted by atomic mass is 9.95. The Morgan fingerprint density at radius 2 is 1.79 bits per heavy atom. The summed E-state index contributed by atoms with van der Waals surface area (Å²) in [6.45, 7) is 5.09. The van der Waals surface area contributed by atoms with Crippen molar-refractivity contribution >= 4 is 40.8 Å². The Morgan fingerprint density at radius 1 is 1.07 bits per heavy atom. The van der Waals surface area contributed by atoms with Crippen LogP contribution in [0.2, 0.25) is 5.02 Å². The van der Waals surface area contributed by atoms with Crippen molar-refractivity contribution in [3.8, 4) is 5.75 Å². The van der Waals surface area contributed by atoms with E-state index < -0.39 is 17.3 Å². The van der Waals surface area contributed by atoms with Crippen molar-refractivity contribution in [2.45, 2.75) is 20.8 Å². The van der Waals surface area contributed by atoms with E-state index in [9.17, 15) is 14.4 Å². The van der Waals surface area contributed by atoms with Crippen LogP contribution in [0.25, 0.3) is 0 Å². The van der Waals surface area contributed by atoms with Crippen molar-refractivity contribution < 1.29 is 24.2 Å². The third-order valence-corrected chi connectivity index (χ3v) is 3.96. The summed E-state index contributed by atoms with van der Waals surface area (Å²) < 4.78 is 5.44. The molecule has 2 aromatic carbocycles. The number of benzene rings is 2. The van der Waals surface area contributed by atoms with Gasteiger partial charge in [-0.2, -0.15) is 0 Å². The second kappa shape index (κ2) is 8.75. The number of anilines is 2. The molecule has 0 aliphatic rings. The predicted octanol–water partition coefficient (Wildman–Crippen LogP) is 4.04. The van der Waals surface area contributed by atoms with Crippen LogP contribution < -0.4 is 15.4 Å². The number of ether oxygens (including phenoxy) is 1. The quantitative estimate of drug-likeness (QED) is 0.673. The Kier molecular flexibility index (Phi) is 6.64. The van der Waals surface area contributed by atoms with Crippen LogP contribution in [0.15, 0.2) is 42.5 Å². The summed E-state index contributed by atoms with van der Waals surface area (Å²) in [6, 6.07) is 10.7. The maximum atomic E-state index is 12.1. The number of carboxylic acid groups (broad SMARTS) is 1. The second-order valence-electron chi connectivity index (χ2n) is 7.07. The first-order chi connectivity index (χ1) is 13.1. The Bertz CT molecular complexity index is 906. The SMILES string of the molecule is CC(C)(C)C(=O)Nc1cccc(OCC(=O)Nc2cc(C(=O)O)ccc2Cl)c1. The molecule has 8 heteroatoms. The predicted molar refractivity (Wildman–Crippen MR) is 107 cm³/mol. The lowest BCUT2D eigenvalue weighted by molar-refractivity contribution is -0.123. The number of hydrogen-bond donors (Lipinski definition) is 3. The van der Waals surface area contributed by atoms with E-state index >= 15 is 0 Å². The van der Waals surface area contributed by atoms with Crippen molar-refractivity contribution in [3.05, 3.63) is 53.1 Å². The first-order valence-electron chi connectivity index (χ1n) is 8.43. The van der Waals surface area contributed by atoms with Gasteiger partial charge in [0.05, 0.1) is 16.3 Å². The van der Waals surface area contributed by atoms with E-state index in [1.165, 1.54) is 18.2 Å². The number of hydrogen-bond acceptors (Lipinski definition) is 4. The molecule has 0 aromatic heterocycles. The van der Waals surface area contributed by atoms with Crippen molar-refractivity contribution in [1.82, 2.24) is 0 Å². The van der Waals surface area contributed by atoms with Crippen LogP contribution in [-0.4, -0.2) is 29.5 Å². The highest BCUT2D eigenvalue weighted by atomic mass is 35.5. The lowest BCUT2D eigenvalue weighted by Crippen LogP contribution is -2.27. The third-order valence-electron chi connectivity index (χ3n) is 3.63. The molecule has 148 valence electrons. The highest BCUT2D eigenvalue weighted by Gasteiger charge is 2.21. The minimum Gasteiger partial charge on any atom is -0.484 e. The number of aromatic carboxylic acids is 1.